The van der Waals surface area contributed by atoms with Gasteiger partial charge in [-0.2, -0.15) is 9.61 Å². The van der Waals surface area contributed by atoms with Gasteiger partial charge in [-0.1, -0.05) is 0 Å². The predicted molar refractivity (Wildman–Crippen MR) is 54.1 cm³/mol. The van der Waals surface area contributed by atoms with E-state index in [2.05, 4.69) is 15.4 Å². The molecule has 15 heavy (non-hydrogen) atoms. The van der Waals surface area contributed by atoms with Crippen LogP contribution in [0.5, 0.6) is 0 Å². The van der Waals surface area contributed by atoms with Crippen LogP contribution in [0.1, 0.15) is 17.4 Å². The fraction of sp³-hybridized carbons (Fsp3) is 0.222. The molecule has 0 bridgehead atoms. The van der Waals surface area contributed by atoms with Crippen LogP contribution in [-0.4, -0.2) is 32.2 Å². The molecule has 2 rings (SSSR count). The highest BCUT2D eigenvalue weighted by Gasteiger charge is 2.10. The van der Waals surface area contributed by atoms with E-state index in [1.54, 1.807) is 12.3 Å². The molecule has 0 amide bonds. The summed E-state index contributed by atoms with van der Waals surface area (Å²) in [6.45, 7) is 2.69. The molecule has 2 N–H and O–H groups in total. The second-order valence-electron chi connectivity index (χ2n) is 2.97. The molecule has 2 aromatic heterocycles. The average molecular weight is 206 g/mol. The number of aromatic nitrogens is 3. The Labute approximate surface area is 85.6 Å². The van der Waals surface area contributed by atoms with E-state index in [-0.39, 0.29) is 5.69 Å². The zero-order chi connectivity index (χ0) is 10.8. The number of fused-ring (bicyclic) bond motifs is 1. The third kappa shape index (κ3) is 1.61. The first-order chi connectivity index (χ1) is 7.22. The van der Waals surface area contributed by atoms with Gasteiger partial charge in [0.25, 0.3) is 0 Å². The Balaban J connectivity index is 2.59. The second-order valence-corrected chi connectivity index (χ2v) is 2.97. The van der Waals surface area contributed by atoms with E-state index in [9.17, 15) is 4.79 Å². The third-order valence-electron chi connectivity index (χ3n) is 1.93. The van der Waals surface area contributed by atoms with Crippen LogP contribution in [0.4, 0.5) is 5.82 Å². The number of carbonyl (C=O) groups is 1. The summed E-state index contributed by atoms with van der Waals surface area (Å²) in [7, 11) is 0. The molecule has 2 heterocycles. The van der Waals surface area contributed by atoms with Gasteiger partial charge in [-0.25, -0.2) is 9.78 Å². The molecule has 0 fully saturated rings. The highest BCUT2D eigenvalue weighted by atomic mass is 16.4. The Bertz CT molecular complexity index is 506. The quantitative estimate of drug-likeness (QED) is 0.778. The number of anilines is 1. The number of nitrogens with one attached hydrogen (secondary N) is 1. The summed E-state index contributed by atoms with van der Waals surface area (Å²) in [5.41, 5.74) is 0.513. The number of nitrogens with zero attached hydrogens (tertiary/aromatic N) is 3. The smallest absolute Gasteiger partial charge is 0.356 e. The lowest BCUT2D eigenvalue weighted by molar-refractivity contribution is 0.0690. The van der Waals surface area contributed by atoms with Gasteiger partial charge in [-0.3, -0.25) is 0 Å². The molecule has 0 spiro atoms. The molecule has 0 atom stereocenters. The van der Waals surface area contributed by atoms with Crippen LogP contribution in [0.2, 0.25) is 0 Å². The fourth-order valence-corrected chi connectivity index (χ4v) is 1.31. The van der Waals surface area contributed by atoms with Crippen LogP contribution >= 0.6 is 0 Å². The summed E-state index contributed by atoms with van der Waals surface area (Å²) in [6.07, 6.45) is 1.61. The maximum absolute atomic E-state index is 10.7. The van der Waals surface area contributed by atoms with Crippen molar-refractivity contribution in [2.24, 2.45) is 0 Å². The molecule has 0 aliphatic rings. The van der Waals surface area contributed by atoms with Gasteiger partial charge in [-0.15, -0.1) is 0 Å². The number of hydrogen-bond donors (Lipinski definition) is 2. The number of carboxylic acids is 1. The van der Waals surface area contributed by atoms with Gasteiger partial charge in [-0.05, 0) is 13.0 Å². The first-order valence-corrected chi connectivity index (χ1v) is 4.54. The first kappa shape index (κ1) is 9.45. The normalized spacial score (nSPS) is 10.5. The lowest BCUT2D eigenvalue weighted by atomic mass is 10.4. The van der Waals surface area contributed by atoms with Crippen molar-refractivity contribution < 1.29 is 9.90 Å². The molecule has 0 unspecified atom stereocenters. The van der Waals surface area contributed by atoms with E-state index in [0.717, 1.165) is 12.4 Å². The fourth-order valence-electron chi connectivity index (χ4n) is 1.31. The molecule has 0 aliphatic carbocycles. The van der Waals surface area contributed by atoms with E-state index in [1.807, 2.05) is 6.92 Å². The predicted octanol–water partition coefficient (Wildman–Crippen LogP) is 0.859. The molecule has 2 aromatic rings. The zero-order valence-corrected chi connectivity index (χ0v) is 8.14. The Morgan fingerprint density at radius 1 is 1.67 bits per heavy atom. The van der Waals surface area contributed by atoms with Crippen LogP contribution < -0.4 is 5.32 Å². The maximum atomic E-state index is 10.7. The van der Waals surface area contributed by atoms with E-state index in [1.165, 1.54) is 10.6 Å². The van der Waals surface area contributed by atoms with Gasteiger partial charge in [0.05, 0.1) is 0 Å². The largest absolute Gasteiger partial charge is 0.476 e. The van der Waals surface area contributed by atoms with Gasteiger partial charge >= 0.3 is 5.97 Å². The molecule has 6 nitrogen and oxygen atoms in total. The molecule has 78 valence electrons. The SMILES string of the molecule is CCNc1ccnc2cc(C(=O)O)nn12. The van der Waals surface area contributed by atoms with Gasteiger partial charge in [0.15, 0.2) is 11.3 Å². The molecule has 0 saturated carbocycles. The minimum Gasteiger partial charge on any atom is -0.476 e. The minimum absolute atomic E-state index is 0.00662. The highest BCUT2D eigenvalue weighted by molar-refractivity contribution is 5.86. The second kappa shape index (κ2) is 3.56. The van der Waals surface area contributed by atoms with Crippen LogP contribution in [-0.2, 0) is 0 Å². The summed E-state index contributed by atoms with van der Waals surface area (Å²) in [6, 6.07) is 3.18. The molecule has 0 aromatic carbocycles. The van der Waals surface area contributed by atoms with Crippen molar-refractivity contribution in [1.82, 2.24) is 14.6 Å². The number of hydrogen-bond acceptors (Lipinski definition) is 4. The number of aromatic carboxylic acids is 1. The monoisotopic (exact) mass is 206 g/mol. The van der Waals surface area contributed by atoms with Crippen molar-refractivity contribution >= 4 is 17.4 Å². The van der Waals surface area contributed by atoms with Crippen LogP contribution in [0.25, 0.3) is 5.65 Å². The van der Waals surface area contributed by atoms with Crippen LogP contribution in [0.3, 0.4) is 0 Å². The Morgan fingerprint density at radius 2 is 2.47 bits per heavy atom. The highest BCUT2D eigenvalue weighted by Crippen LogP contribution is 2.10. The van der Waals surface area contributed by atoms with Crippen molar-refractivity contribution in [3.63, 3.8) is 0 Å². The summed E-state index contributed by atoms with van der Waals surface area (Å²) in [5.74, 6) is -0.321. The van der Waals surface area contributed by atoms with E-state index < -0.39 is 5.97 Å². The van der Waals surface area contributed by atoms with Crippen molar-refractivity contribution in [2.45, 2.75) is 6.92 Å². The van der Waals surface area contributed by atoms with Crippen molar-refractivity contribution in [3.8, 4) is 0 Å². The molecule has 0 radical (unpaired) electrons. The summed E-state index contributed by atoms with van der Waals surface area (Å²) >= 11 is 0. The first-order valence-electron chi connectivity index (χ1n) is 4.54. The minimum atomic E-state index is -1.05. The van der Waals surface area contributed by atoms with Crippen LogP contribution in [0, 0.1) is 0 Å². The summed E-state index contributed by atoms with van der Waals surface area (Å²) < 4.78 is 1.48. The number of carboxylic acid groups (broad SMARTS) is 1. The van der Waals surface area contributed by atoms with E-state index >= 15 is 0 Å². The van der Waals surface area contributed by atoms with Gasteiger partial charge < -0.3 is 10.4 Å². The molecule has 0 aliphatic heterocycles. The molecule has 0 saturated heterocycles. The Morgan fingerprint density at radius 3 is 3.13 bits per heavy atom. The van der Waals surface area contributed by atoms with E-state index in [0.29, 0.717) is 5.65 Å². The molecular formula is C9H10N4O2. The lowest BCUT2D eigenvalue weighted by Crippen LogP contribution is -2.05. The average Bonchev–Trinajstić information content (AvgIpc) is 2.63. The van der Waals surface area contributed by atoms with Crippen LogP contribution in [0.15, 0.2) is 18.3 Å². The van der Waals surface area contributed by atoms with Crippen molar-refractivity contribution in [3.05, 3.63) is 24.0 Å². The topological polar surface area (TPSA) is 79.5 Å². The van der Waals surface area contributed by atoms with Crippen molar-refractivity contribution in [2.75, 3.05) is 11.9 Å². The number of rotatable bonds is 3. The summed E-state index contributed by atoms with van der Waals surface area (Å²) in [5, 5.41) is 15.8. The Hall–Kier alpha value is -2.11. The molecular weight excluding hydrogens is 196 g/mol. The zero-order valence-electron chi connectivity index (χ0n) is 8.14. The maximum Gasteiger partial charge on any atom is 0.356 e. The van der Waals surface area contributed by atoms with Gasteiger partial charge in [0, 0.05) is 18.8 Å². The van der Waals surface area contributed by atoms with Gasteiger partial charge in [0.1, 0.15) is 5.82 Å². The lowest BCUT2D eigenvalue weighted by Gasteiger charge is -2.03. The standard InChI is InChI=1S/C9H10N4O2/c1-2-10-7-3-4-11-8-5-6(9(14)15)12-13(7)8/h3-5,10H,2H2,1H3,(H,14,15). The Kier molecular flexibility index (Phi) is 2.24. The summed E-state index contributed by atoms with van der Waals surface area (Å²) in [4.78, 5) is 14.7. The molecule has 6 heteroatoms. The van der Waals surface area contributed by atoms with Gasteiger partial charge in [0.2, 0.25) is 0 Å². The van der Waals surface area contributed by atoms with Crippen molar-refractivity contribution in [1.29, 1.82) is 0 Å². The third-order valence-corrected chi connectivity index (χ3v) is 1.93. The van der Waals surface area contributed by atoms with E-state index in [4.69, 9.17) is 5.11 Å².